The van der Waals surface area contributed by atoms with E-state index in [4.69, 9.17) is 4.74 Å². The van der Waals surface area contributed by atoms with Crippen LogP contribution in [0, 0.1) is 0 Å². The van der Waals surface area contributed by atoms with Crippen LogP contribution in [-0.4, -0.2) is 31.6 Å². The number of carbonyl (C=O) groups is 2. The van der Waals surface area contributed by atoms with E-state index >= 15 is 0 Å². The molecule has 6 heteroatoms. The van der Waals surface area contributed by atoms with Gasteiger partial charge in [-0.15, -0.1) is 0 Å². The van der Waals surface area contributed by atoms with E-state index in [0.29, 0.717) is 24.4 Å². The maximum Gasteiger partial charge on any atom is 0.320 e. The molecule has 31 heavy (non-hydrogen) atoms. The minimum absolute atomic E-state index is 0.227. The van der Waals surface area contributed by atoms with Crippen LogP contribution in [0.3, 0.4) is 0 Å². The van der Waals surface area contributed by atoms with Gasteiger partial charge in [-0.1, -0.05) is 72.8 Å². The molecule has 0 fully saturated rings. The number of nitrogens with one attached hydrogen (secondary N) is 3. The second-order valence-electron chi connectivity index (χ2n) is 7.07. The molecule has 0 aromatic heterocycles. The van der Waals surface area contributed by atoms with Gasteiger partial charge in [-0.25, -0.2) is 4.79 Å². The van der Waals surface area contributed by atoms with Crippen molar-refractivity contribution in [3.05, 3.63) is 96.1 Å². The third-order valence-corrected chi connectivity index (χ3v) is 4.82. The van der Waals surface area contributed by atoms with Gasteiger partial charge in [0.05, 0.1) is 12.8 Å². The van der Waals surface area contributed by atoms with Crippen LogP contribution in [0.4, 0.5) is 10.5 Å². The standard InChI is InChI=1S/C25H27N3O3/c1-31-23-15-9-8-14-21(23)27-25(30)28-22(18-20-12-6-3-7-13-20)24(29)26-17-16-19-10-4-2-5-11-19/h2-15,22H,16-18H2,1H3,(H,26,29)(H2,27,28,30). The summed E-state index contributed by atoms with van der Waals surface area (Å²) in [6.07, 6.45) is 1.11. The summed E-state index contributed by atoms with van der Waals surface area (Å²) >= 11 is 0. The molecule has 3 aromatic rings. The smallest absolute Gasteiger partial charge is 0.320 e. The minimum atomic E-state index is -0.715. The normalized spacial score (nSPS) is 11.3. The second-order valence-corrected chi connectivity index (χ2v) is 7.07. The number of anilines is 1. The lowest BCUT2D eigenvalue weighted by Gasteiger charge is -2.19. The molecule has 0 saturated carbocycles. The number of amides is 3. The van der Waals surface area contributed by atoms with Gasteiger partial charge in [0.15, 0.2) is 0 Å². The number of urea groups is 1. The molecule has 160 valence electrons. The van der Waals surface area contributed by atoms with Crippen molar-refractivity contribution in [2.45, 2.75) is 18.9 Å². The number of hydrogen-bond acceptors (Lipinski definition) is 3. The number of methoxy groups -OCH3 is 1. The Morgan fingerprint density at radius 1 is 0.839 bits per heavy atom. The molecule has 0 radical (unpaired) electrons. The number of rotatable bonds is 9. The zero-order chi connectivity index (χ0) is 21.9. The summed E-state index contributed by atoms with van der Waals surface area (Å²) in [6, 6.07) is 25.5. The van der Waals surface area contributed by atoms with Crippen LogP contribution in [0.2, 0.25) is 0 Å². The summed E-state index contributed by atoms with van der Waals surface area (Å²) in [6.45, 7) is 0.490. The van der Waals surface area contributed by atoms with Crippen molar-refractivity contribution in [1.82, 2.24) is 10.6 Å². The zero-order valence-electron chi connectivity index (χ0n) is 17.5. The molecule has 1 unspecified atom stereocenters. The summed E-state index contributed by atoms with van der Waals surface area (Å²) < 4.78 is 5.27. The number of benzene rings is 3. The monoisotopic (exact) mass is 417 g/mol. The number of para-hydroxylation sites is 2. The molecule has 3 N–H and O–H groups in total. The minimum Gasteiger partial charge on any atom is -0.495 e. The van der Waals surface area contributed by atoms with Crippen LogP contribution in [0.15, 0.2) is 84.9 Å². The van der Waals surface area contributed by atoms with Crippen LogP contribution in [0.1, 0.15) is 11.1 Å². The van der Waals surface area contributed by atoms with Crippen LogP contribution < -0.4 is 20.7 Å². The van der Waals surface area contributed by atoms with Gasteiger partial charge in [0, 0.05) is 13.0 Å². The average Bonchev–Trinajstić information content (AvgIpc) is 2.80. The van der Waals surface area contributed by atoms with Crippen LogP contribution in [-0.2, 0) is 17.6 Å². The molecular formula is C25H27N3O3. The number of carbonyl (C=O) groups excluding carboxylic acids is 2. The summed E-state index contributed by atoms with van der Waals surface area (Å²) in [5, 5.41) is 8.49. The molecule has 0 bridgehead atoms. The number of ether oxygens (including phenoxy) is 1. The van der Waals surface area contributed by atoms with Gasteiger partial charge in [0.2, 0.25) is 5.91 Å². The fraction of sp³-hybridized carbons (Fsp3) is 0.200. The van der Waals surface area contributed by atoms with E-state index in [1.54, 1.807) is 18.2 Å². The van der Waals surface area contributed by atoms with Gasteiger partial charge in [0.25, 0.3) is 0 Å². The van der Waals surface area contributed by atoms with E-state index in [1.807, 2.05) is 66.7 Å². The quantitative estimate of drug-likeness (QED) is 0.496. The lowest BCUT2D eigenvalue weighted by molar-refractivity contribution is -0.122. The molecular weight excluding hydrogens is 390 g/mol. The highest BCUT2D eigenvalue weighted by Gasteiger charge is 2.21. The topological polar surface area (TPSA) is 79.5 Å². The predicted molar refractivity (Wildman–Crippen MR) is 122 cm³/mol. The average molecular weight is 418 g/mol. The highest BCUT2D eigenvalue weighted by Crippen LogP contribution is 2.22. The fourth-order valence-electron chi connectivity index (χ4n) is 3.22. The van der Waals surface area contributed by atoms with Gasteiger partial charge >= 0.3 is 6.03 Å². The van der Waals surface area contributed by atoms with Crippen LogP contribution in [0.25, 0.3) is 0 Å². The molecule has 1 atom stereocenters. The van der Waals surface area contributed by atoms with Crippen molar-refractivity contribution in [2.75, 3.05) is 19.0 Å². The summed E-state index contributed by atoms with van der Waals surface area (Å²) in [7, 11) is 1.54. The van der Waals surface area contributed by atoms with Crippen molar-refractivity contribution in [3.8, 4) is 5.75 Å². The van der Waals surface area contributed by atoms with Crippen molar-refractivity contribution in [2.24, 2.45) is 0 Å². The molecule has 6 nitrogen and oxygen atoms in total. The summed E-state index contributed by atoms with van der Waals surface area (Å²) in [5.41, 5.74) is 2.64. The Morgan fingerprint density at radius 3 is 2.13 bits per heavy atom. The maximum atomic E-state index is 12.9. The Balaban J connectivity index is 1.63. The summed E-state index contributed by atoms with van der Waals surface area (Å²) in [4.78, 5) is 25.5. The fourth-order valence-corrected chi connectivity index (χ4v) is 3.22. The van der Waals surface area contributed by atoms with E-state index < -0.39 is 12.1 Å². The second kappa shape index (κ2) is 11.4. The van der Waals surface area contributed by atoms with Gasteiger partial charge in [0.1, 0.15) is 11.8 Å². The molecule has 3 amide bonds. The molecule has 3 rings (SSSR count). The molecule has 3 aromatic carbocycles. The van der Waals surface area contributed by atoms with Crippen LogP contribution in [0.5, 0.6) is 5.75 Å². The Labute approximate surface area is 182 Å². The van der Waals surface area contributed by atoms with Crippen LogP contribution >= 0.6 is 0 Å². The van der Waals surface area contributed by atoms with E-state index in [-0.39, 0.29) is 5.91 Å². The molecule has 0 aliphatic carbocycles. The Kier molecular flexibility index (Phi) is 8.05. The van der Waals surface area contributed by atoms with E-state index in [0.717, 1.165) is 17.5 Å². The maximum absolute atomic E-state index is 12.9. The van der Waals surface area contributed by atoms with Crippen molar-refractivity contribution >= 4 is 17.6 Å². The molecule has 0 heterocycles. The predicted octanol–water partition coefficient (Wildman–Crippen LogP) is 3.79. The molecule has 0 saturated heterocycles. The van der Waals surface area contributed by atoms with Gasteiger partial charge < -0.3 is 20.7 Å². The van der Waals surface area contributed by atoms with E-state index in [2.05, 4.69) is 16.0 Å². The largest absolute Gasteiger partial charge is 0.495 e. The van der Waals surface area contributed by atoms with Crippen molar-refractivity contribution < 1.29 is 14.3 Å². The first kappa shape index (κ1) is 21.9. The lowest BCUT2D eigenvalue weighted by Crippen LogP contribution is -2.49. The Hall–Kier alpha value is -3.80. The lowest BCUT2D eigenvalue weighted by atomic mass is 10.1. The first-order valence-electron chi connectivity index (χ1n) is 10.2. The highest BCUT2D eigenvalue weighted by molar-refractivity contribution is 5.94. The molecule has 0 spiro atoms. The SMILES string of the molecule is COc1ccccc1NC(=O)NC(Cc1ccccc1)C(=O)NCCc1ccccc1. The highest BCUT2D eigenvalue weighted by atomic mass is 16.5. The van der Waals surface area contributed by atoms with E-state index in [9.17, 15) is 9.59 Å². The van der Waals surface area contributed by atoms with Crippen molar-refractivity contribution in [3.63, 3.8) is 0 Å². The van der Waals surface area contributed by atoms with E-state index in [1.165, 1.54) is 7.11 Å². The first-order chi connectivity index (χ1) is 15.2. The third-order valence-electron chi connectivity index (χ3n) is 4.82. The van der Waals surface area contributed by atoms with Gasteiger partial charge in [-0.3, -0.25) is 4.79 Å². The Morgan fingerprint density at radius 2 is 1.45 bits per heavy atom. The molecule has 0 aliphatic heterocycles. The number of hydrogen-bond donors (Lipinski definition) is 3. The molecule has 0 aliphatic rings. The Bertz CT molecular complexity index is 978. The van der Waals surface area contributed by atoms with Gasteiger partial charge in [-0.05, 0) is 29.7 Å². The van der Waals surface area contributed by atoms with Crippen molar-refractivity contribution in [1.29, 1.82) is 0 Å². The first-order valence-corrected chi connectivity index (χ1v) is 10.2. The van der Waals surface area contributed by atoms with Gasteiger partial charge in [-0.2, -0.15) is 0 Å². The zero-order valence-corrected chi connectivity index (χ0v) is 17.5. The third kappa shape index (κ3) is 6.89. The summed E-state index contributed by atoms with van der Waals surface area (Å²) in [5.74, 6) is 0.319.